The molecule has 0 unspecified atom stereocenters. The highest BCUT2D eigenvalue weighted by Gasteiger charge is 2.05. The molecule has 8 heteroatoms. The van der Waals surface area contributed by atoms with Crippen LogP contribution >= 0.6 is 22.7 Å². The van der Waals surface area contributed by atoms with Crippen molar-refractivity contribution in [2.45, 2.75) is 44.9 Å². The van der Waals surface area contributed by atoms with Crippen molar-refractivity contribution in [3.63, 3.8) is 0 Å². The van der Waals surface area contributed by atoms with Gasteiger partial charge in [0.2, 0.25) is 11.8 Å². The number of rotatable bonds is 10. The van der Waals surface area contributed by atoms with Gasteiger partial charge in [0, 0.05) is 36.0 Å². The lowest BCUT2D eigenvalue weighted by molar-refractivity contribution is -0.117. The minimum absolute atomic E-state index is 0.0165. The maximum Gasteiger partial charge on any atom is 0.226 e. The van der Waals surface area contributed by atoms with Crippen LogP contribution in [0.3, 0.4) is 0 Å². The summed E-state index contributed by atoms with van der Waals surface area (Å²) in [6.45, 7) is 0. The summed E-state index contributed by atoms with van der Waals surface area (Å²) in [5, 5.41) is 10.5. The smallest absolute Gasteiger partial charge is 0.226 e. The monoisotopic (exact) mass is 352 g/mol. The SMILES string of the molecule is O=C(CCCCCCCC(=O)Nc1nccs1)Nc1nccs1. The zero-order chi connectivity index (χ0) is 16.3. The molecule has 0 spiro atoms. The molecule has 0 aromatic carbocycles. The van der Waals surface area contributed by atoms with Crippen molar-refractivity contribution in [1.82, 2.24) is 9.97 Å². The zero-order valence-corrected chi connectivity index (χ0v) is 14.4. The van der Waals surface area contributed by atoms with E-state index in [-0.39, 0.29) is 11.8 Å². The van der Waals surface area contributed by atoms with Crippen LogP contribution in [0.1, 0.15) is 44.9 Å². The summed E-state index contributed by atoms with van der Waals surface area (Å²) in [5.41, 5.74) is 0. The molecule has 2 N–H and O–H groups in total. The average molecular weight is 352 g/mol. The first-order valence-electron chi connectivity index (χ1n) is 7.63. The Balaban J connectivity index is 1.43. The summed E-state index contributed by atoms with van der Waals surface area (Å²) in [6, 6.07) is 0. The summed E-state index contributed by atoms with van der Waals surface area (Å²) in [7, 11) is 0. The number of unbranched alkanes of at least 4 members (excludes halogenated alkanes) is 4. The molecule has 0 bridgehead atoms. The van der Waals surface area contributed by atoms with Gasteiger partial charge in [-0.25, -0.2) is 9.97 Å². The van der Waals surface area contributed by atoms with Gasteiger partial charge >= 0.3 is 0 Å². The second-order valence-electron chi connectivity index (χ2n) is 5.04. The van der Waals surface area contributed by atoms with Crippen molar-refractivity contribution in [2.75, 3.05) is 10.6 Å². The van der Waals surface area contributed by atoms with Gasteiger partial charge in [-0.2, -0.15) is 0 Å². The first-order chi connectivity index (χ1) is 11.2. The van der Waals surface area contributed by atoms with Gasteiger partial charge in [-0.05, 0) is 12.8 Å². The molecule has 0 atom stereocenters. The fourth-order valence-corrected chi connectivity index (χ4v) is 3.13. The maximum atomic E-state index is 11.6. The van der Waals surface area contributed by atoms with Crippen molar-refractivity contribution in [1.29, 1.82) is 0 Å². The van der Waals surface area contributed by atoms with E-state index in [0.717, 1.165) is 32.1 Å². The van der Waals surface area contributed by atoms with Crippen LogP contribution in [0.2, 0.25) is 0 Å². The summed E-state index contributed by atoms with van der Waals surface area (Å²) in [4.78, 5) is 31.3. The van der Waals surface area contributed by atoms with E-state index in [2.05, 4.69) is 20.6 Å². The third-order valence-corrected chi connectivity index (χ3v) is 4.54. The molecule has 2 rings (SSSR count). The van der Waals surface area contributed by atoms with Crippen LogP contribution in [0.15, 0.2) is 23.2 Å². The number of nitrogens with zero attached hydrogens (tertiary/aromatic N) is 2. The van der Waals surface area contributed by atoms with Gasteiger partial charge in [0.25, 0.3) is 0 Å². The first kappa shape index (κ1) is 17.6. The highest BCUT2D eigenvalue weighted by molar-refractivity contribution is 7.14. The zero-order valence-electron chi connectivity index (χ0n) is 12.8. The Morgan fingerprint density at radius 2 is 1.22 bits per heavy atom. The molecule has 6 nitrogen and oxygen atoms in total. The molecule has 23 heavy (non-hydrogen) atoms. The Bertz CT molecular complexity index is 532. The lowest BCUT2D eigenvalue weighted by Gasteiger charge is -2.03. The summed E-state index contributed by atoms with van der Waals surface area (Å²) in [6.07, 6.45) is 9.14. The van der Waals surface area contributed by atoms with Gasteiger partial charge in [0.1, 0.15) is 0 Å². The Kier molecular flexibility index (Phi) is 7.68. The predicted molar refractivity (Wildman–Crippen MR) is 93.8 cm³/mol. The number of carbonyl (C=O) groups is 2. The Morgan fingerprint density at radius 3 is 1.61 bits per heavy atom. The fourth-order valence-electron chi connectivity index (χ4n) is 2.04. The molecular formula is C15H20N4O2S2. The van der Waals surface area contributed by atoms with Gasteiger partial charge in [0.05, 0.1) is 0 Å². The number of aromatic nitrogens is 2. The highest BCUT2D eigenvalue weighted by atomic mass is 32.1. The molecular weight excluding hydrogens is 332 g/mol. The van der Waals surface area contributed by atoms with E-state index in [0.29, 0.717) is 23.1 Å². The standard InChI is InChI=1S/C15H20N4O2S2/c20-12(18-14-16-8-10-22-14)6-4-2-1-3-5-7-13(21)19-15-17-9-11-23-15/h8-11H,1-7H2,(H,16,18,20)(H,17,19,21). The van der Waals surface area contributed by atoms with Crippen molar-refractivity contribution in [3.05, 3.63) is 23.2 Å². The highest BCUT2D eigenvalue weighted by Crippen LogP contribution is 2.13. The van der Waals surface area contributed by atoms with Crippen LogP contribution in [0.4, 0.5) is 10.3 Å². The summed E-state index contributed by atoms with van der Waals surface area (Å²) in [5.74, 6) is 0.0329. The molecule has 2 amide bonds. The molecule has 0 aliphatic heterocycles. The van der Waals surface area contributed by atoms with E-state index < -0.39 is 0 Å². The lowest BCUT2D eigenvalue weighted by atomic mass is 10.1. The van der Waals surface area contributed by atoms with Crippen LogP contribution in [0, 0.1) is 0 Å². The number of anilines is 2. The Hall–Kier alpha value is -1.80. The predicted octanol–water partition coefficient (Wildman–Crippen LogP) is 3.91. The van der Waals surface area contributed by atoms with Crippen LogP contribution in [-0.2, 0) is 9.59 Å². The molecule has 0 saturated heterocycles. The van der Waals surface area contributed by atoms with Crippen LogP contribution < -0.4 is 10.6 Å². The normalized spacial score (nSPS) is 10.4. The van der Waals surface area contributed by atoms with E-state index in [4.69, 9.17) is 0 Å². The quantitative estimate of drug-likeness (QED) is 0.635. The second-order valence-corrected chi connectivity index (χ2v) is 6.83. The maximum absolute atomic E-state index is 11.6. The van der Waals surface area contributed by atoms with Crippen molar-refractivity contribution >= 4 is 44.8 Å². The lowest BCUT2D eigenvalue weighted by Crippen LogP contribution is -2.11. The third kappa shape index (κ3) is 7.34. The van der Waals surface area contributed by atoms with Crippen molar-refractivity contribution in [3.8, 4) is 0 Å². The van der Waals surface area contributed by atoms with E-state index >= 15 is 0 Å². The van der Waals surface area contributed by atoms with Crippen molar-refractivity contribution in [2.24, 2.45) is 0 Å². The number of nitrogens with one attached hydrogen (secondary N) is 2. The number of hydrogen-bond acceptors (Lipinski definition) is 6. The van der Waals surface area contributed by atoms with Gasteiger partial charge < -0.3 is 10.6 Å². The molecule has 2 aromatic rings. The van der Waals surface area contributed by atoms with E-state index in [1.165, 1.54) is 22.7 Å². The number of carbonyl (C=O) groups excluding carboxylic acids is 2. The van der Waals surface area contributed by atoms with Crippen LogP contribution in [-0.4, -0.2) is 21.8 Å². The molecule has 0 aliphatic rings. The van der Waals surface area contributed by atoms with Crippen molar-refractivity contribution < 1.29 is 9.59 Å². The summed E-state index contributed by atoms with van der Waals surface area (Å²) < 4.78 is 0. The minimum atomic E-state index is 0.0165. The first-order valence-corrected chi connectivity index (χ1v) is 9.38. The van der Waals surface area contributed by atoms with Crippen LogP contribution in [0.25, 0.3) is 0 Å². The molecule has 2 heterocycles. The number of thiazole rings is 2. The van der Waals surface area contributed by atoms with Gasteiger partial charge in [-0.15, -0.1) is 22.7 Å². The second kappa shape index (κ2) is 10.1. The van der Waals surface area contributed by atoms with E-state index in [9.17, 15) is 9.59 Å². The molecule has 0 fully saturated rings. The molecule has 124 valence electrons. The van der Waals surface area contributed by atoms with Gasteiger partial charge in [-0.1, -0.05) is 19.3 Å². The number of hydrogen-bond donors (Lipinski definition) is 2. The fraction of sp³-hybridized carbons (Fsp3) is 0.467. The average Bonchev–Trinajstić information content (AvgIpc) is 3.20. The molecule has 2 aromatic heterocycles. The topological polar surface area (TPSA) is 84.0 Å². The van der Waals surface area contributed by atoms with Crippen LogP contribution in [0.5, 0.6) is 0 Å². The molecule has 0 aliphatic carbocycles. The largest absolute Gasteiger partial charge is 0.302 e. The minimum Gasteiger partial charge on any atom is -0.302 e. The Labute approximate surface area is 143 Å². The molecule has 0 saturated carbocycles. The Morgan fingerprint density at radius 1 is 0.783 bits per heavy atom. The summed E-state index contributed by atoms with van der Waals surface area (Å²) >= 11 is 2.84. The third-order valence-electron chi connectivity index (χ3n) is 3.17. The van der Waals surface area contributed by atoms with E-state index in [1.807, 2.05) is 10.8 Å². The van der Waals surface area contributed by atoms with E-state index in [1.54, 1.807) is 12.4 Å². The molecule has 0 radical (unpaired) electrons. The van der Waals surface area contributed by atoms with Gasteiger partial charge in [-0.3, -0.25) is 9.59 Å². The van der Waals surface area contributed by atoms with Gasteiger partial charge in [0.15, 0.2) is 10.3 Å². The number of amides is 2.